The van der Waals surface area contributed by atoms with E-state index in [-0.39, 0.29) is 4.01 Å². The molecule has 3 fully saturated rings. The van der Waals surface area contributed by atoms with Gasteiger partial charge in [0, 0.05) is 0 Å². The van der Waals surface area contributed by atoms with Crippen molar-refractivity contribution < 1.29 is 31.5 Å². The Morgan fingerprint density at radius 2 is 1.50 bits per heavy atom. The van der Waals surface area contributed by atoms with Gasteiger partial charge in [0.05, 0.1) is 0 Å². The van der Waals surface area contributed by atoms with Gasteiger partial charge in [-0.15, -0.1) is 0 Å². The van der Waals surface area contributed by atoms with Crippen molar-refractivity contribution in [2.75, 3.05) is 0 Å². The third-order valence-corrected chi connectivity index (χ3v) is 4.32. The van der Waals surface area contributed by atoms with Crippen molar-refractivity contribution in [2.45, 2.75) is 29.4 Å². The van der Waals surface area contributed by atoms with Gasteiger partial charge >= 0.3 is 66.3 Å². The van der Waals surface area contributed by atoms with Gasteiger partial charge in [0.25, 0.3) is 0 Å². The molecule has 0 amide bonds. The van der Waals surface area contributed by atoms with Crippen molar-refractivity contribution in [2.24, 2.45) is 5.41 Å². The molecule has 0 atom stereocenters. The maximum atomic E-state index is 12.1. The number of hydrogen-bond donors (Lipinski definition) is 0. The zero-order valence-corrected chi connectivity index (χ0v) is 8.43. The molecule has 0 radical (unpaired) electrons. The number of alkyl halides is 3. The Morgan fingerprint density at radius 1 is 1.10 bits per heavy atom. The van der Waals surface area contributed by atoms with E-state index in [2.05, 4.69) is 0 Å². The second-order valence-electron chi connectivity index (χ2n) is 3.81. The molecule has 0 saturated heterocycles. The fraction of sp³-hybridized carbons (Fsp3) is 1.00. The minimum absolute atomic E-state index is 0.190. The van der Waals surface area contributed by atoms with Gasteiger partial charge < -0.3 is 0 Å². The molecule has 0 aromatic rings. The topological polar surface area (TPSA) is 0 Å². The van der Waals surface area contributed by atoms with Gasteiger partial charge in [-0.2, -0.15) is 0 Å². The van der Waals surface area contributed by atoms with Crippen LogP contribution < -0.4 is 0 Å². The summed E-state index contributed by atoms with van der Waals surface area (Å²) in [5.41, 5.74) is -1.20. The van der Waals surface area contributed by atoms with Crippen molar-refractivity contribution in [1.82, 2.24) is 0 Å². The van der Waals surface area contributed by atoms with Gasteiger partial charge in [-0.25, -0.2) is 0 Å². The first kappa shape index (κ1) is 7.08. The molecule has 0 unspecified atom stereocenters. The van der Waals surface area contributed by atoms with E-state index >= 15 is 0 Å². The van der Waals surface area contributed by atoms with E-state index in [4.69, 9.17) is 0 Å². The second kappa shape index (κ2) is 1.45. The molecule has 10 heavy (non-hydrogen) atoms. The number of rotatable bonds is 0. The Morgan fingerprint density at radius 3 is 1.60 bits per heavy atom. The Bertz CT molecular complexity index is 164. The van der Waals surface area contributed by atoms with Gasteiger partial charge in [0.1, 0.15) is 0 Å². The number of halogens is 3. The van der Waals surface area contributed by atoms with Crippen LogP contribution in [0.5, 0.6) is 0 Å². The molecule has 0 aliphatic heterocycles. The maximum absolute atomic E-state index is 12.1. The van der Waals surface area contributed by atoms with E-state index in [1.807, 2.05) is 0 Å². The summed E-state index contributed by atoms with van der Waals surface area (Å²) in [7, 11) is 0. The molecule has 3 aliphatic carbocycles. The minimum atomic E-state index is -3.91. The van der Waals surface area contributed by atoms with Crippen LogP contribution in [-0.4, -0.2) is 6.18 Å². The molecule has 0 aromatic carbocycles. The molecule has 53 valence electrons. The standard InChI is InChI=1S/C6H6F3.Zn/c7-6(8,9)5-1-4(2-5)3-5;/h1-3H2;. The van der Waals surface area contributed by atoms with E-state index in [0.717, 1.165) is 18.3 Å². The van der Waals surface area contributed by atoms with E-state index in [1.54, 1.807) is 0 Å². The Balaban J connectivity index is 2.11. The molecular formula is C6H6F3Zn. The van der Waals surface area contributed by atoms with Crippen molar-refractivity contribution >= 4 is 0 Å². The summed E-state index contributed by atoms with van der Waals surface area (Å²) < 4.78 is 36.5. The zero-order valence-electron chi connectivity index (χ0n) is 5.46. The summed E-state index contributed by atoms with van der Waals surface area (Å²) in [4.78, 5) is 0. The van der Waals surface area contributed by atoms with Crippen LogP contribution in [0.3, 0.4) is 0 Å². The molecule has 2 bridgehead atoms. The molecule has 4 heteroatoms. The van der Waals surface area contributed by atoms with Crippen LogP contribution in [0.1, 0.15) is 19.3 Å². The van der Waals surface area contributed by atoms with Gasteiger partial charge in [-0.1, -0.05) is 0 Å². The van der Waals surface area contributed by atoms with Gasteiger partial charge in [0.15, 0.2) is 0 Å². The van der Waals surface area contributed by atoms with Crippen LogP contribution in [0.4, 0.5) is 13.2 Å². The molecule has 0 N–H and O–H groups in total. The third kappa shape index (κ3) is 0.615. The monoisotopic (exact) mass is 199 g/mol. The van der Waals surface area contributed by atoms with Gasteiger partial charge in [0.2, 0.25) is 0 Å². The zero-order chi connectivity index (χ0) is 7.62. The van der Waals surface area contributed by atoms with Crippen LogP contribution >= 0.6 is 0 Å². The van der Waals surface area contributed by atoms with Crippen LogP contribution in [0.15, 0.2) is 0 Å². The molecule has 3 saturated carbocycles. The molecule has 3 aliphatic rings. The fourth-order valence-corrected chi connectivity index (χ4v) is 5.31. The first-order chi connectivity index (χ1) is 4.37. The van der Waals surface area contributed by atoms with Crippen LogP contribution in [-0.2, 0) is 18.3 Å². The summed E-state index contributed by atoms with van der Waals surface area (Å²) >= 11 is 1.05. The average molecular weight is 200 g/mol. The summed E-state index contributed by atoms with van der Waals surface area (Å²) in [6, 6.07) is 0. The van der Waals surface area contributed by atoms with Crippen molar-refractivity contribution in [1.29, 1.82) is 0 Å². The predicted octanol–water partition coefficient (Wildman–Crippen LogP) is 2.44. The van der Waals surface area contributed by atoms with Crippen molar-refractivity contribution in [3.63, 3.8) is 0 Å². The first-order valence-corrected chi connectivity index (χ1v) is 4.78. The predicted molar refractivity (Wildman–Crippen MR) is 25.0 cm³/mol. The summed E-state index contributed by atoms with van der Waals surface area (Å²) in [5.74, 6) is 0. The van der Waals surface area contributed by atoms with Crippen molar-refractivity contribution in [3.05, 3.63) is 0 Å². The molecular weight excluding hydrogens is 194 g/mol. The van der Waals surface area contributed by atoms with Crippen molar-refractivity contribution in [3.8, 4) is 0 Å². The normalized spacial score (nSPS) is 51.7. The summed E-state index contributed by atoms with van der Waals surface area (Å²) in [5, 5.41) is 0. The summed E-state index contributed by atoms with van der Waals surface area (Å²) in [6.45, 7) is 0. The molecule has 0 spiro atoms. The first-order valence-electron chi connectivity index (χ1n) is 3.29. The molecule has 0 nitrogen and oxygen atoms in total. The molecule has 0 heterocycles. The van der Waals surface area contributed by atoms with Gasteiger partial charge in [-0.3, -0.25) is 0 Å². The van der Waals surface area contributed by atoms with Crippen LogP contribution in [0.25, 0.3) is 0 Å². The fourth-order valence-electron chi connectivity index (χ4n) is 2.30. The van der Waals surface area contributed by atoms with Crippen LogP contribution in [0.2, 0.25) is 4.01 Å². The Labute approximate surface area is 66.8 Å². The van der Waals surface area contributed by atoms with Gasteiger partial charge in [-0.05, 0) is 0 Å². The average Bonchev–Trinajstić information content (AvgIpc) is 1.51. The number of hydrogen-bond acceptors (Lipinski definition) is 0. The van der Waals surface area contributed by atoms with E-state index in [1.165, 1.54) is 0 Å². The van der Waals surface area contributed by atoms with E-state index < -0.39 is 11.6 Å². The Kier molecular flexibility index (Phi) is 1.03. The quantitative estimate of drug-likeness (QED) is 0.527. The van der Waals surface area contributed by atoms with E-state index in [0.29, 0.717) is 19.3 Å². The molecule has 0 aromatic heterocycles. The van der Waals surface area contributed by atoms with Crippen LogP contribution in [0, 0.1) is 5.41 Å². The van der Waals surface area contributed by atoms with E-state index in [9.17, 15) is 13.2 Å². The second-order valence-corrected chi connectivity index (χ2v) is 6.96. The Hall–Kier alpha value is 0.413. The molecule has 3 rings (SSSR count). The SMILES string of the molecule is FC(F)(F)C12C[C]([Zn])(C1)C2. The third-order valence-electron chi connectivity index (χ3n) is 2.74. The summed E-state index contributed by atoms with van der Waals surface area (Å²) in [6.07, 6.45) is -2.60.